The Bertz CT molecular complexity index is 1740. The zero-order valence-corrected chi connectivity index (χ0v) is 21.1. The zero-order chi connectivity index (χ0) is 25.4. The molecule has 0 aliphatic carbocycles. The number of thiazole rings is 1. The molecule has 0 fully saturated rings. The first-order valence-corrected chi connectivity index (χ1v) is 12.7. The van der Waals surface area contributed by atoms with Gasteiger partial charge < -0.3 is 14.5 Å². The average Bonchev–Trinajstić information content (AvgIpc) is 3.50. The van der Waals surface area contributed by atoms with E-state index in [2.05, 4.69) is 22.4 Å². The van der Waals surface area contributed by atoms with E-state index in [0.29, 0.717) is 17.0 Å². The number of carbonyl (C=O) groups excluding carboxylic acids is 1. The number of aryl methyl sites for hydroxylation is 1. The van der Waals surface area contributed by atoms with Crippen LogP contribution in [0.4, 0.5) is 5.69 Å². The van der Waals surface area contributed by atoms with E-state index < -0.39 is 0 Å². The highest BCUT2D eigenvalue weighted by atomic mass is 32.1. The lowest BCUT2D eigenvalue weighted by molar-refractivity contribution is -0.115. The molecule has 0 aliphatic heterocycles. The van der Waals surface area contributed by atoms with Crippen molar-refractivity contribution in [2.75, 3.05) is 12.4 Å². The SMILES string of the molecule is COc1cc2c(cc1NC(=O)Cc1sc(-c3cccnc3)nc1-c1ccc(C)cc1)oc1ccccc12. The Morgan fingerprint density at radius 1 is 0.973 bits per heavy atom. The quantitative estimate of drug-likeness (QED) is 0.258. The molecule has 0 bridgehead atoms. The number of para-hydroxylation sites is 1. The fraction of sp³-hybridized carbons (Fsp3) is 0.100. The molecule has 0 saturated carbocycles. The first kappa shape index (κ1) is 22.9. The number of amides is 1. The summed E-state index contributed by atoms with van der Waals surface area (Å²) < 4.78 is 11.6. The van der Waals surface area contributed by atoms with Crippen molar-refractivity contribution in [1.82, 2.24) is 9.97 Å². The minimum absolute atomic E-state index is 0.163. The molecule has 6 nitrogen and oxygen atoms in total. The number of pyridine rings is 1. The van der Waals surface area contributed by atoms with Crippen LogP contribution in [-0.2, 0) is 11.2 Å². The van der Waals surface area contributed by atoms with Crippen molar-refractivity contribution in [2.45, 2.75) is 13.3 Å². The molecule has 3 aromatic heterocycles. The van der Waals surface area contributed by atoms with Gasteiger partial charge in [-0.25, -0.2) is 4.98 Å². The maximum Gasteiger partial charge on any atom is 0.229 e. The number of nitrogens with one attached hydrogen (secondary N) is 1. The molecule has 3 aromatic carbocycles. The molecule has 182 valence electrons. The second-order valence-electron chi connectivity index (χ2n) is 8.77. The van der Waals surface area contributed by atoms with Gasteiger partial charge in [-0.3, -0.25) is 9.78 Å². The maximum atomic E-state index is 13.3. The van der Waals surface area contributed by atoms with Crippen LogP contribution in [0.5, 0.6) is 5.75 Å². The molecule has 6 rings (SSSR count). The van der Waals surface area contributed by atoms with Crippen molar-refractivity contribution >= 4 is 44.9 Å². The van der Waals surface area contributed by atoms with E-state index in [9.17, 15) is 4.79 Å². The van der Waals surface area contributed by atoms with Crippen LogP contribution in [0.2, 0.25) is 0 Å². The number of ether oxygens (including phenoxy) is 1. The summed E-state index contributed by atoms with van der Waals surface area (Å²) >= 11 is 1.50. The standard InChI is InChI=1S/C30H23N3O3S/c1-18-9-11-19(12-10-18)29-27(37-30(33-29)20-6-5-13-31-17-20)16-28(34)32-23-15-25-22(14-26(23)35-2)21-7-3-4-8-24(21)36-25/h3-15,17H,16H2,1-2H3,(H,32,34). The molecule has 3 heterocycles. The largest absolute Gasteiger partial charge is 0.495 e. The third-order valence-corrected chi connectivity index (χ3v) is 7.33. The number of hydrogen-bond acceptors (Lipinski definition) is 6. The first-order valence-electron chi connectivity index (χ1n) is 11.9. The number of methoxy groups -OCH3 is 1. The third kappa shape index (κ3) is 4.45. The van der Waals surface area contributed by atoms with Crippen molar-refractivity contribution in [3.8, 4) is 27.6 Å². The van der Waals surface area contributed by atoms with Crippen molar-refractivity contribution in [3.05, 3.63) is 95.6 Å². The van der Waals surface area contributed by atoms with Gasteiger partial charge in [0, 0.05) is 45.2 Å². The molecule has 0 saturated heterocycles. The number of fused-ring (bicyclic) bond motifs is 3. The van der Waals surface area contributed by atoms with Gasteiger partial charge in [0.15, 0.2) is 0 Å². The summed E-state index contributed by atoms with van der Waals surface area (Å²) in [5.74, 6) is 0.412. The predicted octanol–water partition coefficient (Wildman–Crippen LogP) is 7.27. The lowest BCUT2D eigenvalue weighted by atomic mass is 10.1. The second-order valence-corrected chi connectivity index (χ2v) is 9.85. The Morgan fingerprint density at radius 2 is 1.81 bits per heavy atom. The molecule has 0 aliphatic rings. The number of aromatic nitrogens is 2. The molecule has 0 spiro atoms. The van der Waals surface area contributed by atoms with Gasteiger partial charge in [0.2, 0.25) is 5.91 Å². The molecule has 1 N–H and O–H groups in total. The van der Waals surface area contributed by atoms with Crippen molar-refractivity contribution < 1.29 is 13.9 Å². The predicted molar refractivity (Wildman–Crippen MR) is 148 cm³/mol. The van der Waals surface area contributed by atoms with Crippen LogP contribution in [0, 0.1) is 6.92 Å². The highest BCUT2D eigenvalue weighted by Crippen LogP contribution is 2.37. The van der Waals surface area contributed by atoms with E-state index >= 15 is 0 Å². The second kappa shape index (κ2) is 9.52. The van der Waals surface area contributed by atoms with Crippen LogP contribution in [-0.4, -0.2) is 23.0 Å². The summed E-state index contributed by atoms with van der Waals surface area (Å²) in [4.78, 5) is 23.3. The van der Waals surface area contributed by atoms with E-state index in [1.807, 2.05) is 67.6 Å². The summed E-state index contributed by atoms with van der Waals surface area (Å²) in [6, 6.07) is 23.6. The van der Waals surface area contributed by atoms with Gasteiger partial charge in [-0.1, -0.05) is 48.0 Å². The minimum Gasteiger partial charge on any atom is -0.495 e. The van der Waals surface area contributed by atoms with E-state index in [0.717, 1.165) is 43.1 Å². The molecule has 0 atom stereocenters. The Labute approximate surface area is 217 Å². The number of nitrogens with zero attached hydrogens (tertiary/aromatic N) is 2. The molecule has 0 radical (unpaired) electrons. The summed E-state index contributed by atoms with van der Waals surface area (Å²) in [5.41, 5.74) is 5.91. The van der Waals surface area contributed by atoms with Crippen LogP contribution >= 0.6 is 11.3 Å². The molecule has 1 amide bonds. The van der Waals surface area contributed by atoms with Crippen LogP contribution in [0.1, 0.15) is 10.4 Å². The van der Waals surface area contributed by atoms with Gasteiger partial charge in [-0.05, 0) is 31.2 Å². The van der Waals surface area contributed by atoms with Crippen molar-refractivity contribution in [1.29, 1.82) is 0 Å². The number of benzene rings is 3. The van der Waals surface area contributed by atoms with Gasteiger partial charge in [-0.15, -0.1) is 11.3 Å². The molecular formula is C30H23N3O3S. The number of furan rings is 1. The van der Waals surface area contributed by atoms with Crippen LogP contribution in [0.25, 0.3) is 43.8 Å². The van der Waals surface area contributed by atoms with Gasteiger partial charge in [0.1, 0.15) is 21.9 Å². The Kier molecular flexibility index (Phi) is 5.90. The van der Waals surface area contributed by atoms with E-state index in [1.165, 1.54) is 16.9 Å². The van der Waals surface area contributed by atoms with Crippen LogP contribution < -0.4 is 10.1 Å². The molecule has 37 heavy (non-hydrogen) atoms. The third-order valence-electron chi connectivity index (χ3n) is 6.22. The highest BCUT2D eigenvalue weighted by Gasteiger charge is 2.19. The number of rotatable bonds is 6. The van der Waals surface area contributed by atoms with E-state index in [1.54, 1.807) is 19.5 Å². The molecular weight excluding hydrogens is 482 g/mol. The van der Waals surface area contributed by atoms with E-state index in [4.69, 9.17) is 14.1 Å². The number of hydrogen-bond donors (Lipinski definition) is 1. The normalized spacial score (nSPS) is 11.2. The maximum absolute atomic E-state index is 13.3. The fourth-order valence-corrected chi connectivity index (χ4v) is 5.45. The Morgan fingerprint density at radius 3 is 2.59 bits per heavy atom. The van der Waals surface area contributed by atoms with Crippen molar-refractivity contribution in [2.24, 2.45) is 0 Å². The molecule has 0 unspecified atom stereocenters. The lowest BCUT2D eigenvalue weighted by Crippen LogP contribution is -2.14. The number of carbonyl (C=O) groups is 1. The zero-order valence-electron chi connectivity index (χ0n) is 20.3. The summed E-state index contributed by atoms with van der Waals surface area (Å²) in [6.07, 6.45) is 3.69. The van der Waals surface area contributed by atoms with Gasteiger partial charge in [-0.2, -0.15) is 0 Å². The summed E-state index contributed by atoms with van der Waals surface area (Å²) in [5, 5.41) is 5.80. The van der Waals surface area contributed by atoms with Crippen LogP contribution in [0.15, 0.2) is 89.6 Å². The first-order chi connectivity index (χ1) is 18.1. The smallest absolute Gasteiger partial charge is 0.229 e. The van der Waals surface area contributed by atoms with Gasteiger partial charge >= 0.3 is 0 Å². The van der Waals surface area contributed by atoms with Gasteiger partial charge in [0.05, 0.1) is 24.9 Å². The monoisotopic (exact) mass is 505 g/mol. The van der Waals surface area contributed by atoms with Crippen molar-refractivity contribution in [3.63, 3.8) is 0 Å². The lowest BCUT2D eigenvalue weighted by Gasteiger charge is -2.10. The molecule has 7 heteroatoms. The summed E-state index contributed by atoms with van der Waals surface area (Å²) in [6.45, 7) is 2.05. The Hall–Kier alpha value is -4.49. The van der Waals surface area contributed by atoms with Gasteiger partial charge in [0.25, 0.3) is 0 Å². The number of anilines is 1. The van der Waals surface area contributed by atoms with Crippen LogP contribution in [0.3, 0.4) is 0 Å². The minimum atomic E-state index is -0.163. The highest BCUT2D eigenvalue weighted by molar-refractivity contribution is 7.15. The summed E-state index contributed by atoms with van der Waals surface area (Å²) in [7, 11) is 1.60. The molecule has 6 aromatic rings. The Balaban J connectivity index is 1.34. The topological polar surface area (TPSA) is 77.2 Å². The fourth-order valence-electron chi connectivity index (χ4n) is 4.38. The van der Waals surface area contributed by atoms with E-state index in [-0.39, 0.29) is 12.3 Å². The average molecular weight is 506 g/mol.